The minimum absolute atomic E-state index is 0.0516. The molecule has 2 N–H and O–H groups in total. The summed E-state index contributed by atoms with van der Waals surface area (Å²) in [7, 11) is 0. The van der Waals surface area contributed by atoms with E-state index in [0.717, 1.165) is 10.5 Å². The molecule has 0 unspecified atom stereocenters. The monoisotopic (exact) mass is 441 g/mol. The number of aliphatic carboxylic acids is 1. The van der Waals surface area contributed by atoms with Crippen LogP contribution in [0.2, 0.25) is 0 Å². The van der Waals surface area contributed by atoms with Gasteiger partial charge in [0.1, 0.15) is 5.75 Å². The standard InChI is InChI=1S/C18H14F3N3O3S2/c19-18(20,21)27-12-7-5-11(6-8-12)22-17-24-23-16(29-17)13-3-1-2-4-14(13)28-10-9-15(25)26/h1-8H,9-10H2,(H,22,24)(H,25,26). The Morgan fingerprint density at radius 1 is 1.14 bits per heavy atom. The number of halogens is 3. The van der Waals surface area contributed by atoms with Gasteiger partial charge in [-0.05, 0) is 30.3 Å². The van der Waals surface area contributed by atoms with E-state index in [-0.39, 0.29) is 12.2 Å². The van der Waals surface area contributed by atoms with Gasteiger partial charge in [-0.15, -0.1) is 35.1 Å². The van der Waals surface area contributed by atoms with Crippen molar-refractivity contribution in [1.82, 2.24) is 10.2 Å². The van der Waals surface area contributed by atoms with Crippen molar-refractivity contribution in [3.63, 3.8) is 0 Å². The van der Waals surface area contributed by atoms with Gasteiger partial charge in [-0.3, -0.25) is 4.79 Å². The van der Waals surface area contributed by atoms with Gasteiger partial charge in [-0.2, -0.15) is 0 Å². The van der Waals surface area contributed by atoms with Gasteiger partial charge in [-0.1, -0.05) is 29.5 Å². The SMILES string of the molecule is O=C(O)CCSc1ccccc1-c1nnc(Nc2ccc(OC(F)(F)F)cc2)s1. The van der Waals surface area contributed by atoms with Crippen LogP contribution in [0.4, 0.5) is 24.0 Å². The molecule has 0 bridgehead atoms. The van der Waals surface area contributed by atoms with Crippen molar-refractivity contribution in [3.05, 3.63) is 48.5 Å². The second-order valence-corrected chi connectivity index (χ2v) is 7.71. The van der Waals surface area contributed by atoms with E-state index >= 15 is 0 Å². The number of nitrogens with zero attached hydrogens (tertiary/aromatic N) is 2. The molecule has 0 aliphatic carbocycles. The number of benzene rings is 2. The van der Waals surface area contributed by atoms with Crippen molar-refractivity contribution in [3.8, 4) is 16.3 Å². The molecule has 0 saturated carbocycles. The predicted octanol–water partition coefficient (Wildman–Crippen LogP) is 5.41. The van der Waals surface area contributed by atoms with Crippen LogP contribution in [0.25, 0.3) is 10.6 Å². The molecule has 0 amide bonds. The third-order valence-corrected chi connectivity index (χ3v) is 5.40. The van der Waals surface area contributed by atoms with Crippen molar-refractivity contribution in [2.75, 3.05) is 11.1 Å². The Balaban J connectivity index is 1.69. The van der Waals surface area contributed by atoms with Crippen molar-refractivity contribution in [2.45, 2.75) is 17.7 Å². The molecular formula is C18H14F3N3O3S2. The molecule has 1 aromatic heterocycles. The Bertz CT molecular complexity index is 978. The number of nitrogens with one attached hydrogen (secondary N) is 1. The van der Waals surface area contributed by atoms with Crippen LogP contribution in [0.5, 0.6) is 5.75 Å². The van der Waals surface area contributed by atoms with E-state index in [1.165, 1.54) is 47.4 Å². The number of carboxylic acids is 1. The van der Waals surface area contributed by atoms with Crippen LogP contribution in [-0.4, -0.2) is 33.4 Å². The van der Waals surface area contributed by atoms with E-state index in [1.807, 2.05) is 24.3 Å². The molecule has 3 rings (SSSR count). The zero-order valence-electron chi connectivity index (χ0n) is 14.6. The van der Waals surface area contributed by atoms with Crippen LogP contribution in [0.1, 0.15) is 6.42 Å². The molecule has 0 fully saturated rings. The first-order valence-corrected chi connectivity index (χ1v) is 10.0. The number of aromatic nitrogens is 2. The number of anilines is 2. The molecule has 0 aliphatic rings. The first kappa shape index (κ1) is 20.9. The Labute approximate surface area is 171 Å². The fraction of sp³-hybridized carbons (Fsp3) is 0.167. The molecule has 3 aromatic rings. The lowest BCUT2D eigenvalue weighted by molar-refractivity contribution is -0.274. The number of carboxylic acid groups (broad SMARTS) is 1. The number of alkyl halides is 3. The second-order valence-electron chi connectivity index (χ2n) is 5.60. The molecule has 1 heterocycles. The highest BCUT2D eigenvalue weighted by molar-refractivity contribution is 7.99. The van der Waals surface area contributed by atoms with Gasteiger partial charge in [0.25, 0.3) is 0 Å². The van der Waals surface area contributed by atoms with E-state index in [9.17, 15) is 18.0 Å². The lowest BCUT2D eigenvalue weighted by Gasteiger charge is -2.09. The third kappa shape index (κ3) is 6.36. The Hall–Kier alpha value is -2.79. The molecule has 0 atom stereocenters. The van der Waals surface area contributed by atoms with Gasteiger partial charge in [-0.25, -0.2) is 0 Å². The zero-order valence-corrected chi connectivity index (χ0v) is 16.3. The van der Waals surface area contributed by atoms with Crippen molar-refractivity contribution >= 4 is 39.9 Å². The number of rotatable bonds is 8. The second kappa shape index (κ2) is 9.14. The predicted molar refractivity (Wildman–Crippen MR) is 105 cm³/mol. The van der Waals surface area contributed by atoms with Crippen LogP contribution in [0.3, 0.4) is 0 Å². The quantitative estimate of drug-likeness (QED) is 0.452. The summed E-state index contributed by atoms with van der Waals surface area (Å²) in [5.41, 5.74) is 1.37. The molecule has 0 saturated heterocycles. The molecule has 0 spiro atoms. The van der Waals surface area contributed by atoms with Crippen LogP contribution < -0.4 is 10.1 Å². The maximum Gasteiger partial charge on any atom is 0.573 e. The van der Waals surface area contributed by atoms with Crippen LogP contribution >= 0.6 is 23.1 Å². The number of carbonyl (C=O) groups is 1. The molecular weight excluding hydrogens is 427 g/mol. The summed E-state index contributed by atoms with van der Waals surface area (Å²) in [6.45, 7) is 0. The average Bonchev–Trinajstić information content (AvgIpc) is 3.10. The van der Waals surface area contributed by atoms with E-state index in [1.54, 1.807) is 0 Å². The van der Waals surface area contributed by atoms with Gasteiger partial charge >= 0.3 is 12.3 Å². The summed E-state index contributed by atoms with van der Waals surface area (Å²) in [6, 6.07) is 12.8. The fourth-order valence-corrected chi connectivity index (χ4v) is 4.12. The highest BCUT2D eigenvalue weighted by atomic mass is 32.2. The summed E-state index contributed by atoms with van der Waals surface area (Å²) in [6.07, 6.45) is -4.69. The summed E-state index contributed by atoms with van der Waals surface area (Å²) < 4.78 is 40.5. The fourth-order valence-electron chi connectivity index (χ4n) is 2.26. The van der Waals surface area contributed by atoms with E-state index in [2.05, 4.69) is 20.3 Å². The van der Waals surface area contributed by atoms with E-state index < -0.39 is 12.3 Å². The van der Waals surface area contributed by atoms with Gasteiger partial charge in [0.05, 0.1) is 6.42 Å². The number of thioether (sulfide) groups is 1. The van der Waals surface area contributed by atoms with E-state index in [0.29, 0.717) is 21.6 Å². The molecule has 0 radical (unpaired) electrons. The summed E-state index contributed by atoms with van der Waals surface area (Å²) >= 11 is 2.70. The van der Waals surface area contributed by atoms with Gasteiger partial charge in [0.15, 0.2) is 5.01 Å². The van der Waals surface area contributed by atoms with Crippen LogP contribution in [0, 0.1) is 0 Å². The molecule has 11 heteroatoms. The Morgan fingerprint density at radius 2 is 1.86 bits per heavy atom. The third-order valence-electron chi connectivity index (χ3n) is 3.46. The van der Waals surface area contributed by atoms with Crippen LogP contribution in [0.15, 0.2) is 53.4 Å². The summed E-state index contributed by atoms with van der Waals surface area (Å²) in [5.74, 6) is -0.736. The minimum atomic E-state index is -4.74. The maximum absolute atomic E-state index is 12.2. The van der Waals surface area contributed by atoms with Crippen LogP contribution in [-0.2, 0) is 4.79 Å². The topological polar surface area (TPSA) is 84.3 Å². The molecule has 6 nitrogen and oxygen atoms in total. The Kier molecular flexibility index (Phi) is 6.60. The Morgan fingerprint density at radius 3 is 2.55 bits per heavy atom. The first-order chi connectivity index (χ1) is 13.8. The highest BCUT2D eigenvalue weighted by Gasteiger charge is 2.30. The smallest absolute Gasteiger partial charge is 0.481 e. The first-order valence-electron chi connectivity index (χ1n) is 8.20. The van der Waals surface area contributed by atoms with Crippen molar-refractivity contribution in [2.24, 2.45) is 0 Å². The van der Waals surface area contributed by atoms with Gasteiger partial charge in [0.2, 0.25) is 5.13 Å². The number of hydrogen-bond acceptors (Lipinski definition) is 7. The van der Waals surface area contributed by atoms with Crippen molar-refractivity contribution < 1.29 is 27.8 Å². The molecule has 29 heavy (non-hydrogen) atoms. The van der Waals surface area contributed by atoms with Crippen molar-refractivity contribution in [1.29, 1.82) is 0 Å². The highest BCUT2D eigenvalue weighted by Crippen LogP contribution is 2.35. The summed E-state index contributed by atoms with van der Waals surface area (Å²) in [4.78, 5) is 11.6. The largest absolute Gasteiger partial charge is 0.573 e. The summed E-state index contributed by atoms with van der Waals surface area (Å²) in [5, 5.41) is 21.1. The zero-order chi connectivity index (χ0) is 20.9. The van der Waals surface area contributed by atoms with Gasteiger partial charge in [0, 0.05) is 21.9 Å². The normalized spacial score (nSPS) is 11.3. The number of hydrogen-bond donors (Lipinski definition) is 2. The average molecular weight is 441 g/mol. The molecule has 152 valence electrons. The maximum atomic E-state index is 12.2. The molecule has 2 aromatic carbocycles. The minimum Gasteiger partial charge on any atom is -0.481 e. The lowest BCUT2D eigenvalue weighted by atomic mass is 10.2. The number of ether oxygens (including phenoxy) is 1. The lowest BCUT2D eigenvalue weighted by Crippen LogP contribution is -2.16. The molecule has 0 aliphatic heterocycles. The van der Waals surface area contributed by atoms with E-state index in [4.69, 9.17) is 5.11 Å². The van der Waals surface area contributed by atoms with Gasteiger partial charge < -0.3 is 15.2 Å².